The number of carbonyl (C=O) groups excluding carboxylic acids is 1. The summed E-state index contributed by atoms with van der Waals surface area (Å²) in [5.74, 6) is -0.166. The molecule has 1 N–H and O–H groups in total. The van der Waals surface area contributed by atoms with Crippen LogP contribution in [-0.4, -0.2) is 30.6 Å². The summed E-state index contributed by atoms with van der Waals surface area (Å²) < 4.78 is 5.18. The Labute approximate surface area is 116 Å². The quantitative estimate of drug-likeness (QED) is 0.676. The number of fused-ring (bicyclic) bond motifs is 1. The highest BCUT2D eigenvalue weighted by atomic mass is 35.5. The van der Waals surface area contributed by atoms with Crippen molar-refractivity contribution in [1.82, 2.24) is 10.3 Å². The van der Waals surface area contributed by atoms with Gasteiger partial charge >= 0.3 is 0 Å². The Morgan fingerprint density at radius 1 is 1.42 bits per heavy atom. The number of hydrogen-bond donors (Lipinski definition) is 1. The van der Waals surface area contributed by atoms with Crippen LogP contribution >= 0.6 is 11.6 Å². The van der Waals surface area contributed by atoms with Crippen LogP contribution in [0.1, 0.15) is 17.3 Å². The van der Waals surface area contributed by atoms with Crippen molar-refractivity contribution in [2.24, 2.45) is 0 Å². The lowest BCUT2D eigenvalue weighted by atomic mass is 10.1. The number of aromatic nitrogens is 1. The van der Waals surface area contributed by atoms with Crippen molar-refractivity contribution in [3.63, 3.8) is 0 Å². The molecule has 0 aliphatic rings. The Kier molecular flexibility index (Phi) is 4.71. The van der Waals surface area contributed by atoms with Crippen LogP contribution in [0.15, 0.2) is 30.3 Å². The number of benzene rings is 1. The zero-order chi connectivity index (χ0) is 13.7. The third-order valence-corrected chi connectivity index (χ3v) is 2.86. The fourth-order valence-corrected chi connectivity index (χ4v) is 2.01. The minimum atomic E-state index is -0.166. The zero-order valence-electron chi connectivity index (χ0n) is 10.6. The minimum absolute atomic E-state index is 0.166. The van der Waals surface area contributed by atoms with E-state index in [0.717, 1.165) is 5.39 Å². The van der Waals surface area contributed by atoms with Crippen molar-refractivity contribution in [2.75, 3.05) is 19.8 Å². The molecule has 1 aromatic heterocycles. The summed E-state index contributed by atoms with van der Waals surface area (Å²) in [5.41, 5.74) is 1.25. The molecule has 2 rings (SSSR count). The molecule has 5 heteroatoms. The number of nitrogens with zero attached hydrogens (tertiary/aromatic N) is 1. The number of amides is 1. The van der Waals surface area contributed by atoms with E-state index in [9.17, 15) is 4.79 Å². The second-order valence-electron chi connectivity index (χ2n) is 3.96. The molecule has 0 radical (unpaired) electrons. The summed E-state index contributed by atoms with van der Waals surface area (Å²) >= 11 is 5.94. The van der Waals surface area contributed by atoms with Gasteiger partial charge in [-0.15, -0.1) is 0 Å². The highest BCUT2D eigenvalue weighted by Crippen LogP contribution is 2.20. The highest BCUT2D eigenvalue weighted by Gasteiger charge is 2.11. The zero-order valence-corrected chi connectivity index (χ0v) is 11.4. The predicted molar refractivity (Wildman–Crippen MR) is 75.6 cm³/mol. The number of rotatable bonds is 5. The number of hydrogen-bond acceptors (Lipinski definition) is 3. The van der Waals surface area contributed by atoms with E-state index in [2.05, 4.69) is 10.3 Å². The van der Waals surface area contributed by atoms with Crippen molar-refractivity contribution in [3.8, 4) is 0 Å². The lowest BCUT2D eigenvalue weighted by Gasteiger charge is -2.08. The Hall–Kier alpha value is -1.65. The Morgan fingerprint density at radius 2 is 2.21 bits per heavy atom. The first-order valence-electron chi connectivity index (χ1n) is 6.13. The van der Waals surface area contributed by atoms with Crippen LogP contribution in [0.4, 0.5) is 0 Å². The van der Waals surface area contributed by atoms with E-state index in [1.165, 1.54) is 0 Å². The van der Waals surface area contributed by atoms with Crippen molar-refractivity contribution in [2.45, 2.75) is 6.92 Å². The smallest absolute Gasteiger partial charge is 0.252 e. The molecule has 4 nitrogen and oxygen atoms in total. The van der Waals surface area contributed by atoms with Gasteiger partial charge in [-0.3, -0.25) is 4.79 Å². The lowest BCUT2D eigenvalue weighted by molar-refractivity contribution is 0.0924. The summed E-state index contributed by atoms with van der Waals surface area (Å²) in [4.78, 5) is 16.3. The number of pyridine rings is 1. The van der Waals surface area contributed by atoms with Crippen LogP contribution in [0, 0.1) is 0 Å². The maximum absolute atomic E-state index is 12.1. The van der Waals surface area contributed by atoms with E-state index < -0.39 is 0 Å². The van der Waals surface area contributed by atoms with Gasteiger partial charge in [0.15, 0.2) is 0 Å². The van der Waals surface area contributed by atoms with E-state index in [-0.39, 0.29) is 5.91 Å². The van der Waals surface area contributed by atoms with Gasteiger partial charge in [0.25, 0.3) is 5.91 Å². The van der Waals surface area contributed by atoms with Gasteiger partial charge in [-0.1, -0.05) is 29.8 Å². The van der Waals surface area contributed by atoms with Gasteiger partial charge in [-0.05, 0) is 19.1 Å². The largest absolute Gasteiger partial charge is 0.380 e. The molecule has 0 saturated heterocycles. The van der Waals surface area contributed by atoms with Gasteiger partial charge in [0, 0.05) is 18.5 Å². The Bertz CT molecular complexity index is 587. The molecule has 0 aliphatic heterocycles. The third kappa shape index (κ3) is 3.43. The topological polar surface area (TPSA) is 51.2 Å². The highest BCUT2D eigenvalue weighted by molar-refractivity contribution is 6.30. The first-order chi connectivity index (χ1) is 9.22. The maximum Gasteiger partial charge on any atom is 0.252 e. The van der Waals surface area contributed by atoms with Crippen molar-refractivity contribution in [1.29, 1.82) is 0 Å². The van der Waals surface area contributed by atoms with Gasteiger partial charge in [0.05, 0.1) is 17.7 Å². The van der Waals surface area contributed by atoms with Gasteiger partial charge in [0.1, 0.15) is 5.15 Å². The third-order valence-electron chi connectivity index (χ3n) is 2.67. The fraction of sp³-hybridized carbons (Fsp3) is 0.286. The van der Waals surface area contributed by atoms with Crippen molar-refractivity contribution >= 4 is 28.4 Å². The van der Waals surface area contributed by atoms with Crippen LogP contribution in [0.5, 0.6) is 0 Å². The molecule has 0 saturated carbocycles. The van der Waals surface area contributed by atoms with Crippen molar-refractivity contribution in [3.05, 3.63) is 41.0 Å². The number of nitrogens with one attached hydrogen (secondary N) is 1. The second-order valence-corrected chi connectivity index (χ2v) is 4.35. The van der Waals surface area contributed by atoms with E-state index >= 15 is 0 Å². The molecule has 1 heterocycles. The van der Waals surface area contributed by atoms with Crippen molar-refractivity contribution < 1.29 is 9.53 Å². The average molecular weight is 279 g/mol. The fourth-order valence-electron chi connectivity index (χ4n) is 1.81. The average Bonchev–Trinajstić information content (AvgIpc) is 2.42. The maximum atomic E-state index is 12.1. The standard InChI is InChI=1S/C14H15ClN2O2/c1-2-19-8-7-16-14(18)11-9-13(15)17-12-6-4-3-5-10(11)12/h3-6,9H,2,7-8H2,1H3,(H,16,18). The van der Waals surface area contributed by atoms with E-state index in [0.29, 0.717) is 36.0 Å². The molecular weight excluding hydrogens is 264 g/mol. The molecule has 100 valence electrons. The molecular formula is C14H15ClN2O2. The summed E-state index contributed by atoms with van der Waals surface area (Å²) in [7, 11) is 0. The van der Waals surface area contributed by atoms with Crippen LogP contribution in [-0.2, 0) is 4.74 Å². The van der Waals surface area contributed by atoms with E-state index in [1.54, 1.807) is 6.07 Å². The van der Waals surface area contributed by atoms with Crippen LogP contribution in [0.3, 0.4) is 0 Å². The number of carbonyl (C=O) groups is 1. The first kappa shape index (κ1) is 13.8. The van der Waals surface area contributed by atoms with Crippen LogP contribution in [0.2, 0.25) is 5.15 Å². The first-order valence-corrected chi connectivity index (χ1v) is 6.51. The number of ether oxygens (including phenoxy) is 1. The van der Waals surface area contributed by atoms with Gasteiger partial charge in [-0.2, -0.15) is 0 Å². The number of para-hydroxylation sites is 1. The molecule has 0 unspecified atom stereocenters. The molecule has 0 atom stereocenters. The minimum Gasteiger partial charge on any atom is -0.380 e. The molecule has 0 bridgehead atoms. The van der Waals surface area contributed by atoms with E-state index in [4.69, 9.17) is 16.3 Å². The summed E-state index contributed by atoms with van der Waals surface area (Å²) in [6.07, 6.45) is 0. The van der Waals surface area contributed by atoms with Gasteiger partial charge in [-0.25, -0.2) is 4.98 Å². The molecule has 0 fully saturated rings. The molecule has 2 aromatic rings. The molecule has 0 spiro atoms. The summed E-state index contributed by atoms with van der Waals surface area (Å²) in [6, 6.07) is 9.01. The molecule has 1 aromatic carbocycles. The van der Waals surface area contributed by atoms with Crippen LogP contribution in [0.25, 0.3) is 10.9 Å². The predicted octanol–water partition coefficient (Wildman–Crippen LogP) is 2.65. The van der Waals surface area contributed by atoms with E-state index in [1.807, 2.05) is 31.2 Å². The molecule has 1 amide bonds. The van der Waals surface area contributed by atoms with Gasteiger partial charge in [0.2, 0.25) is 0 Å². The molecule has 0 aliphatic carbocycles. The second kappa shape index (κ2) is 6.50. The lowest BCUT2D eigenvalue weighted by Crippen LogP contribution is -2.27. The Morgan fingerprint density at radius 3 is 3.00 bits per heavy atom. The van der Waals surface area contributed by atoms with Crippen LogP contribution < -0.4 is 5.32 Å². The Balaban J connectivity index is 2.21. The normalized spacial score (nSPS) is 10.6. The van der Waals surface area contributed by atoms with Gasteiger partial charge < -0.3 is 10.1 Å². The molecule has 19 heavy (non-hydrogen) atoms. The number of halogens is 1. The SMILES string of the molecule is CCOCCNC(=O)c1cc(Cl)nc2ccccc12. The summed E-state index contributed by atoms with van der Waals surface area (Å²) in [5, 5.41) is 3.91. The summed E-state index contributed by atoms with van der Waals surface area (Å²) in [6.45, 7) is 3.53. The monoisotopic (exact) mass is 278 g/mol.